The molecule has 2 aromatic rings. The van der Waals surface area contributed by atoms with Crippen LogP contribution in [0.1, 0.15) is 30.6 Å². The third-order valence-corrected chi connectivity index (χ3v) is 7.73. The fraction of sp³-hybridized carbons (Fsp3) is 0.536. The number of carbonyl (C=O) groups is 1. The minimum Gasteiger partial charge on any atom is -0.478 e. The van der Waals surface area contributed by atoms with Crippen molar-refractivity contribution in [3.63, 3.8) is 0 Å². The van der Waals surface area contributed by atoms with Gasteiger partial charge in [0.1, 0.15) is 5.75 Å². The number of carbonyl (C=O) groups excluding carboxylic acids is 1. The molecule has 194 valence electrons. The van der Waals surface area contributed by atoms with Gasteiger partial charge in [-0.2, -0.15) is 0 Å². The van der Waals surface area contributed by atoms with Crippen LogP contribution in [0.25, 0.3) is 0 Å². The Balaban J connectivity index is 1.28. The molecule has 3 aliphatic heterocycles. The van der Waals surface area contributed by atoms with Gasteiger partial charge in [0.25, 0.3) is 5.91 Å². The molecule has 3 heterocycles. The van der Waals surface area contributed by atoms with Gasteiger partial charge in [0, 0.05) is 63.7 Å². The first-order chi connectivity index (χ1) is 17.4. The Kier molecular flexibility index (Phi) is 7.37. The number of piperazine rings is 2. The number of aliphatic hydroxyl groups is 1. The molecule has 2 fully saturated rings. The highest BCUT2D eigenvalue weighted by Gasteiger charge is 2.31. The number of ether oxygens (including phenoxy) is 1. The fourth-order valence-electron chi connectivity index (χ4n) is 5.26. The summed E-state index contributed by atoms with van der Waals surface area (Å²) in [5, 5.41) is 13.3. The average Bonchev–Trinajstić information content (AvgIpc) is 2.89. The molecule has 2 atom stereocenters. The van der Waals surface area contributed by atoms with Gasteiger partial charge in [0.2, 0.25) is 0 Å². The lowest BCUT2D eigenvalue weighted by atomic mass is 9.96. The molecule has 2 unspecified atom stereocenters. The number of nitrogens with one attached hydrogen (secondary N) is 1. The van der Waals surface area contributed by atoms with E-state index in [0.29, 0.717) is 6.42 Å². The maximum atomic E-state index is 13.2. The van der Waals surface area contributed by atoms with E-state index in [0.717, 1.165) is 87.0 Å². The van der Waals surface area contributed by atoms with Crippen LogP contribution in [0.3, 0.4) is 0 Å². The van der Waals surface area contributed by atoms with Crippen molar-refractivity contribution >= 4 is 23.0 Å². The van der Waals surface area contributed by atoms with Gasteiger partial charge in [-0.05, 0) is 81.4 Å². The van der Waals surface area contributed by atoms with E-state index in [2.05, 4.69) is 51.1 Å². The molecule has 0 aromatic heterocycles. The lowest BCUT2D eigenvalue weighted by molar-refractivity contribution is -0.123. The molecule has 0 bridgehead atoms. The summed E-state index contributed by atoms with van der Waals surface area (Å²) < 4.78 is 6.38. The normalized spacial score (nSPS) is 22.1. The fourth-order valence-corrected chi connectivity index (χ4v) is 5.26. The lowest BCUT2D eigenvalue weighted by Crippen LogP contribution is -2.45. The highest BCUT2D eigenvalue weighted by atomic mass is 16.5. The number of fused-ring (bicyclic) bond motifs is 1. The second-order valence-corrected chi connectivity index (χ2v) is 10.5. The predicted octanol–water partition coefficient (Wildman–Crippen LogP) is 2.58. The number of likely N-dealkylation sites (N-methyl/N-ethyl adjacent to an activating group) is 2. The van der Waals surface area contributed by atoms with Crippen LogP contribution in [-0.4, -0.2) is 93.4 Å². The molecule has 0 saturated carbocycles. The average molecular weight is 494 g/mol. The van der Waals surface area contributed by atoms with Gasteiger partial charge < -0.3 is 34.8 Å². The maximum absolute atomic E-state index is 13.2. The van der Waals surface area contributed by atoms with Gasteiger partial charge in [-0.1, -0.05) is 0 Å². The van der Waals surface area contributed by atoms with E-state index in [-0.39, 0.29) is 5.91 Å². The zero-order valence-electron chi connectivity index (χ0n) is 21.7. The summed E-state index contributed by atoms with van der Waals surface area (Å²) in [4.78, 5) is 22.6. The Morgan fingerprint density at radius 2 is 1.56 bits per heavy atom. The molecule has 36 heavy (non-hydrogen) atoms. The van der Waals surface area contributed by atoms with Crippen molar-refractivity contribution in [2.45, 2.75) is 32.0 Å². The Labute approximate surface area is 214 Å². The second-order valence-electron chi connectivity index (χ2n) is 10.5. The molecular weight excluding hydrogens is 454 g/mol. The maximum Gasteiger partial charge on any atom is 0.265 e. The molecule has 8 nitrogen and oxygen atoms in total. The van der Waals surface area contributed by atoms with Crippen molar-refractivity contribution in [1.29, 1.82) is 0 Å². The number of aliphatic hydroxyl groups excluding tert-OH is 1. The zero-order chi connectivity index (χ0) is 25.2. The molecule has 2 saturated heterocycles. The van der Waals surface area contributed by atoms with Crippen LogP contribution in [0.4, 0.5) is 17.1 Å². The van der Waals surface area contributed by atoms with Crippen LogP contribution in [0.2, 0.25) is 0 Å². The van der Waals surface area contributed by atoms with E-state index >= 15 is 0 Å². The quantitative estimate of drug-likeness (QED) is 0.663. The van der Waals surface area contributed by atoms with Crippen molar-refractivity contribution in [2.24, 2.45) is 0 Å². The molecular formula is C28H39N5O3. The van der Waals surface area contributed by atoms with Crippen LogP contribution in [-0.2, 0) is 11.2 Å². The SMILES string of the molecule is CC(O)c1cc2c(c(N3CCN(C)CC3)c1)OC(C(=O)Nc1ccc(N3CCN(C)CC3)cc1)CC2. The van der Waals surface area contributed by atoms with Crippen molar-refractivity contribution < 1.29 is 14.6 Å². The number of aryl methyl sites for hydroxylation is 1. The van der Waals surface area contributed by atoms with Gasteiger partial charge in [-0.3, -0.25) is 4.79 Å². The molecule has 0 radical (unpaired) electrons. The van der Waals surface area contributed by atoms with Crippen LogP contribution in [0.15, 0.2) is 36.4 Å². The summed E-state index contributed by atoms with van der Waals surface area (Å²) >= 11 is 0. The van der Waals surface area contributed by atoms with E-state index in [1.54, 1.807) is 6.92 Å². The number of amides is 1. The molecule has 5 rings (SSSR count). The lowest BCUT2D eigenvalue weighted by Gasteiger charge is -2.37. The summed E-state index contributed by atoms with van der Waals surface area (Å²) in [6, 6.07) is 12.2. The number of rotatable bonds is 5. The van der Waals surface area contributed by atoms with E-state index in [4.69, 9.17) is 4.74 Å². The Morgan fingerprint density at radius 1 is 0.944 bits per heavy atom. The molecule has 0 spiro atoms. The van der Waals surface area contributed by atoms with Crippen LogP contribution < -0.4 is 19.9 Å². The van der Waals surface area contributed by atoms with Gasteiger partial charge >= 0.3 is 0 Å². The third kappa shape index (κ3) is 5.45. The van der Waals surface area contributed by atoms with Crippen molar-refractivity contribution in [1.82, 2.24) is 9.80 Å². The summed E-state index contributed by atoms with van der Waals surface area (Å²) in [7, 11) is 4.29. The number of hydrogen-bond donors (Lipinski definition) is 2. The second kappa shape index (κ2) is 10.7. The van der Waals surface area contributed by atoms with Crippen LogP contribution in [0, 0.1) is 0 Å². The molecule has 2 aromatic carbocycles. The van der Waals surface area contributed by atoms with E-state index in [9.17, 15) is 9.90 Å². The smallest absolute Gasteiger partial charge is 0.265 e. The summed E-state index contributed by atoms with van der Waals surface area (Å²) in [5.41, 5.74) is 4.94. The van der Waals surface area contributed by atoms with Crippen molar-refractivity contribution in [3.8, 4) is 5.75 Å². The first kappa shape index (κ1) is 24.9. The van der Waals surface area contributed by atoms with Crippen molar-refractivity contribution in [3.05, 3.63) is 47.5 Å². The van der Waals surface area contributed by atoms with E-state index in [1.807, 2.05) is 24.3 Å². The molecule has 0 aliphatic carbocycles. The molecule has 1 amide bonds. The number of hydrogen-bond acceptors (Lipinski definition) is 7. The van der Waals surface area contributed by atoms with E-state index < -0.39 is 12.2 Å². The molecule has 8 heteroatoms. The number of anilines is 3. The standard InChI is InChI=1S/C28H39N5O3/c1-20(34)22-18-21-4-9-26(36-27(21)25(19-22)33-16-12-31(3)13-17-33)28(35)29-23-5-7-24(8-6-23)32-14-10-30(2)11-15-32/h5-8,18-20,26,34H,4,9-17H2,1-3H3,(H,29,35). The summed E-state index contributed by atoms with van der Waals surface area (Å²) in [5.74, 6) is 0.678. The first-order valence-corrected chi connectivity index (χ1v) is 13.2. The highest BCUT2D eigenvalue weighted by Crippen LogP contribution is 2.40. The minimum atomic E-state index is -0.545. The Bertz CT molecular complexity index is 1060. The highest BCUT2D eigenvalue weighted by molar-refractivity contribution is 5.95. The van der Waals surface area contributed by atoms with Gasteiger partial charge in [0.15, 0.2) is 6.10 Å². The number of nitrogens with zero attached hydrogens (tertiary/aromatic N) is 4. The number of benzene rings is 2. The van der Waals surface area contributed by atoms with Gasteiger partial charge in [-0.25, -0.2) is 0 Å². The summed E-state index contributed by atoms with van der Waals surface area (Å²) in [6.07, 6.45) is 0.274. The molecule has 2 N–H and O–H groups in total. The molecule has 3 aliphatic rings. The largest absolute Gasteiger partial charge is 0.478 e. The van der Waals surface area contributed by atoms with Gasteiger partial charge in [-0.15, -0.1) is 0 Å². The third-order valence-electron chi connectivity index (χ3n) is 7.73. The minimum absolute atomic E-state index is 0.114. The topological polar surface area (TPSA) is 71.5 Å². The zero-order valence-corrected chi connectivity index (χ0v) is 21.7. The van der Waals surface area contributed by atoms with Crippen LogP contribution >= 0.6 is 0 Å². The Hall–Kier alpha value is -2.81. The van der Waals surface area contributed by atoms with E-state index in [1.165, 1.54) is 5.69 Å². The summed E-state index contributed by atoms with van der Waals surface area (Å²) in [6.45, 7) is 9.70. The van der Waals surface area contributed by atoms with Crippen molar-refractivity contribution in [2.75, 3.05) is 81.6 Å². The predicted molar refractivity (Wildman–Crippen MR) is 144 cm³/mol. The van der Waals surface area contributed by atoms with Gasteiger partial charge in [0.05, 0.1) is 11.8 Å². The van der Waals surface area contributed by atoms with Crippen LogP contribution in [0.5, 0.6) is 5.75 Å². The first-order valence-electron chi connectivity index (χ1n) is 13.2. The Morgan fingerprint density at radius 3 is 2.17 bits per heavy atom. The monoisotopic (exact) mass is 493 g/mol.